The molecule has 0 spiro atoms. The molecule has 19 heavy (non-hydrogen) atoms. The Kier molecular flexibility index (Phi) is 4.06. The summed E-state index contributed by atoms with van der Waals surface area (Å²) in [5.41, 5.74) is 1.18. The van der Waals surface area contributed by atoms with Gasteiger partial charge in [-0.05, 0) is 51.9 Å². The smallest absolute Gasteiger partial charge is 0.273 e. The van der Waals surface area contributed by atoms with Crippen LogP contribution in [0.1, 0.15) is 5.56 Å². The van der Waals surface area contributed by atoms with Crippen molar-refractivity contribution in [2.45, 2.75) is 0 Å². The zero-order valence-corrected chi connectivity index (χ0v) is 12.6. The molecule has 2 rings (SSSR count). The van der Waals surface area contributed by atoms with Gasteiger partial charge < -0.3 is 14.8 Å². The molecule has 1 fully saturated rings. The molecule has 1 heterocycles. The number of methoxy groups -OCH3 is 2. The van der Waals surface area contributed by atoms with Gasteiger partial charge in [-0.2, -0.15) is 0 Å². The summed E-state index contributed by atoms with van der Waals surface area (Å²) in [4.78, 5) is 11.6. The van der Waals surface area contributed by atoms with Crippen LogP contribution in [0.15, 0.2) is 22.3 Å². The van der Waals surface area contributed by atoms with Crippen molar-refractivity contribution < 1.29 is 14.3 Å². The Morgan fingerprint density at radius 2 is 2.00 bits per heavy atom. The van der Waals surface area contributed by atoms with E-state index in [1.165, 1.54) is 0 Å². The first-order valence-corrected chi connectivity index (χ1v) is 6.51. The predicted octanol–water partition coefficient (Wildman–Crippen LogP) is 1.81. The molecule has 0 radical (unpaired) electrons. The minimum absolute atomic E-state index is 0.254. The highest BCUT2D eigenvalue weighted by Crippen LogP contribution is 2.36. The van der Waals surface area contributed by atoms with E-state index >= 15 is 0 Å². The zero-order chi connectivity index (χ0) is 14.0. The second-order valence-corrected chi connectivity index (χ2v) is 4.97. The Morgan fingerprint density at radius 1 is 1.26 bits per heavy atom. The lowest BCUT2D eigenvalue weighted by Gasteiger charge is -2.10. The van der Waals surface area contributed by atoms with Gasteiger partial charge in [-0.25, -0.2) is 0 Å². The lowest BCUT2D eigenvalue weighted by atomic mass is 10.1. The summed E-state index contributed by atoms with van der Waals surface area (Å²) in [7, 11) is 3.11. The molecule has 1 aliphatic heterocycles. The second-order valence-electron chi connectivity index (χ2n) is 3.70. The maximum Gasteiger partial charge on any atom is 0.273 e. The summed E-state index contributed by atoms with van der Waals surface area (Å²) < 4.78 is 11.2. The van der Waals surface area contributed by atoms with Crippen LogP contribution in [0.2, 0.25) is 0 Å². The summed E-state index contributed by atoms with van der Waals surface area (Å²) in [5, 5.41) is 5.58. The van der Waals surface area contributed by atoms with E-state index < -0.39 is 0 Å². The molecule has 0 saturated carbocycles. The lowest BCUT2D eigenvalue weighted by Crippen LogP contribution is -2.21. The number of benzene rings is 1. The van der Waals surface area contributed by atoms with E-state index in [1.54, 1.807) is 26.4 Å². The van der Waals surface area contributed by atoms with E-state index in [1.807, 2.05) is 6.07 Å². The fourth-order valence-electron chi connectivity index (χ4n) is 1.67. The highest BCUT2D eigenvalue weighted by molar-refractivity contribution is 9.10. The molecular weight excluding hydrogens is 332 g/mol. The third-order valence-corrected chi connectivity index (χ3v) is 3.28. The van der Waals surface area contributed by atoms with Gasteiger partial charge in [-0.1, -0.05) is 0 Å². The first-order valence-electron chi connectivity index (χ1n) is 5.30. The minimum Gasteiger partial charge on any atom is -0.493 e. The standard InChI is InChI=1S/C12H11BrN2O3S/c1-17-9-5-6(3-7(13)10(9)18-2)4-8-11(16)15-12(19)14-8/h3-5H,1-2H3,(H2,14,15,16,19)/b8-4-. The van der Waals surface area contributed by atoms with E-state index in [0.717, 1.165) is 10.0 Å². The van der Waals surface area contributed by atoms with Gasteiger partial charge in [0.15, 0.2) is 16.6 Å². The molecule has 1 saturated heterocycles. The Labute approximate surface area is 124 Å². The number of amides is 1. The summed E-state index contributed by atoms with van der Waals surface area (Å²) in [6, 6.07) is 3.59. The van der Waals surface area contributed by atoms with Crippen molar-refractivity contribution >= 4 is 45.2 Å². The molecule has 0 bridgehead atoms. The van der Waals surface area contributed by atoms with Crippen LogP contribution < -0.4 is 20.1 Å². The molecule has 1 aromatic rings. The molecule has 0 atom stereocenters. The predicted molar refractivity (Wildman–Crippen MR) is 79.1 cm³/mol. The number of halogens is 1. The van der Waals surface area contributed by atoms with E-state index in [0.29, 0.717) is 22.3 Å². The van der Waals surface area contributed by atoms with E-state index in [2.05, 4.69) is 26.6 Å². The van der Waals surface area contributed by atoms with Gasteiger partial charge in [0.2, 0.25) is 0 Å². The summed E-state index contributed by atoms with van der Waals surface area (Å²) >= 11 is 8.26. The first kappa shape index (κ1) is 13.8. The van der Waals surface area contributed by atoms with Gasteiger partial charge in [0.25, 0.3) is 5.91 Å². The molecule has 1 aromatic carbocycles. The quantitative estimate of drug-likeness (QED) is 0.648. The summed E-state index contributed by atoms with van der Waals surface area (Å²) in [6.07, 6.45) is 1.68. The third kappa shape index (κ3) is 2.87. The van der Waals surface area contributed by atoms with Crippen LogP contribution in [-0.4, -0.2) is 25.2 Å². The molecular formula is C12H11BrN2O3S. The molecule has 100 valence electrons. The monoisotopic (exact) mass is 342 g/mol. The normalized spacial score (nSPS) is 16.3. The van der Waals surface area contributed by atoms with E-state index in [-0.39, 0.29) is 5.91 Å². The van der Waals surface area contributed by atoms with Crippen LogP contribution in [0.25, 0.3) is 6.08 Å². The van der Waals surface area contributed by atoms with Gasteiger partial charge in [-0.3, -0.25) is 10.1 Å². The maximum absolute atomic E-state index is 11.6. The molecule has 0 aliphatic carbocycles. The molecule has 2 N–H and O–H groups in total. The van der Waals surface area contributed by atoms with Crippen LogP contribution in [0, 0.1) is 0 Å². The van der Waals surface area contributed by atoms with Crippen LogP contribution in [0.4, 0.5) is 0 Å². The fourth-order valence-corrected chi connectivity index (χ4v) is 2.49. The number of thiocarbonyl (C=S) groups is 1. The first-order chi connectivity index (χ1) is 9.05. The Balaban J connectivity index is 2.42. The second kappa shape index (κ2) is 5.58. The number of ether oxygens (including phenoxy) is 2. The molecule has 1 amide bonds. The number of carbonyl (C=O) groups is 1. The zero-order valence-electron chi connectivity index (χ0n) is 10.2. The van der Waals surface area contributed by atoms with Crippen LogP contribution >= 0.6 is 28.1 Å². The van der Waals surface area contributed by atoms with Crippen molar-refractivity contribution in [1.29, 1.82) is 0 Å². The average Bonchev–Trinajstić information content (AvgIpc) is 2.67. The van der Waals surface area contributed by atoms with Crippen molar-refractivity contribution in [3.05, 3.63) is 27.9 Å². The molecule has 0 aromatic heterocycles. The van der Waals surface area contributed by atoms with Gasteiger partial charge in [0.05, 0.1) is 18.7 Å². The number of hydrogen-bond acceptors (Lipinski definition) is 4. The fraction of sp³-hybridized carbons (Fsp3) is 0.167. The maximum atomic E-state index is 11.6. The Bertz CT molecular complexity index is 587. The highest BCUT2D eigenvalue weighted by atomic mass is 79.9. The SMILES string of the molecule is COc1cc(/C=C2\NC(=S)NC2=O)cc(Br)c1OC. The van der Waals surface area contributed by atoms with E-state index in [4.69, 9.17) is 21.7 Å². The van der Waals surface area contributed by atoms with Crippen LogP contribution in [-0.2, 0) is 4.79 Å². The van der Waals surface area contributed by atoms with Crippen LogP contribution in [0.5, 0.6) is 11.5 Å². The third-order valence-electron chi connectivity index (χ3n) is 2.49. The van der Waals surface area contributed by atoms with Gasteiger partial charge in [0.1, 0.15) is 5.70 Å². The number of hydrogen-bond donors (Lipinski definition) is 2. The average molecular weight is 343 g/mol. The molecule has 0 unspecified atom stereocenters. The topological polar surface area (TPSA) is 59.6 Å². The van der Waals surface area contributed by atoms with Gasteiger partial charge in [-0.15, -0.1) is 0 Å². The lowest BCUT2D eigenvalue weighted by molar-refractivity contribution is -0.115. The largest absolute Gasteiger partial charge is 0.493 e. The van der Waals surface area contributed by atoms with Gasteiger partial charge >= 0.3 is 0 Å². The number of nitrogens with one attached hydrogen (secondary N) is 2. The molecule has 7 heteroatoms. The Hall–Kier alpha value is -1.60. The van der Waals surface area contributed by atoms with Crippen LogP contribution in [0.3, 0.4) is 0 Å². The van der Waals surface area contributed by atoms with Crippen molar-refractivity contribution in [2.24, 2.45) is 0 Å². The Morgan fingerprint density at radius 3 is 2.53 bits per heavy atom. The molecule has 5 nitrogen and oxygen atoms in total. The summed E-state index contributed by atoms with van der Waals surface area (Å²) in [6.45, 7) is 0. The van der Waals surface area contributed by atoms with Crippen molar-refractivity contribution in [1.82, 2.24) is 10.6 Å². The summed E-state index contributed by atoms with van der Waals surface area (Å²) in [5.74, 6) is 0.921. The van der Waals surface area contributed by atoms with Crippen molar-refractivity contribution in [2.75, 3.05) is 14.2 Å². The number of rotatable bonds is 3. The van der Waals surface area contributed by atoms with Gasteiger partial charge in [0, 0.05) is 0 Å². The van der Waals surface area contributed by atoms with E-state index in [9.17, 15) is 4.79 Å². The minimum atomic E-state index is -0.254. The van der Waals surface area contributed by atoms with Crippen molar-refractivity contribution in [3.63, 3.8) is 0 Å². The molecule has 1 aliphatic rings. The number of carbonyl (C=O) groups excluding carboxylic acids is 1. The van der Waals surface area contributed by atoms with Crippen molar-refractivity contribution in [3.8, 4) is 11.5 Å². The highest BCUT2D eigenvalue weighted by Gasteiger charge is 2.20.